The maximum atomic E-state index is 6.11. The van der Waals surface area contributed by atoms with E-state index in [1.165, 1.54) is 11.1 Å². The molecule has 0 spiro atoms. The number of benzene rings is 2. The van der Waals surface area contributed by atoms with Gasteiger partial charge in [0, 0.05) is 5.69 Å². The first-order chi connectivity index (χ1) is 9.61. The Balaban J connectivity index is 2.15. The molecule has 0 aliphatic carbocycles. The molecule has 20 heavy (non-hydrogen) atoms. The van der Waals surface area contributed by atoms with E-state index in [0.717, 1.165) is 17.8 Å². The second-order valence-corrected chi connectivity index (χ2v) is 5.34. The number of hydrogen-bond acceptors (Lipinski definition) is 1. The molecule has 4 heteroatoms. The highest BCUT2D eigenvalue weighted by Crippen LogP contribution is 2.23. The zero-order valence-corrected chi connectivity index (χ0v) is 13.1. The molecule has 0 fully saturated rings. The zero-order valence-electron chi connectivity index (χ0n) is 11.5. The van der Waals surface area contributed by atoms with Crippen LogP contribution in [0.1, 0.15) is 18.1 Å². The van der Waals surface area contributed by atoms with Gasteiger partial charge in [0.1, 0.15) is 0 Å². The molecule has 2 nitrogen and oxygen atoms in total. The van der Waals surface area contributed by atoms with Crippen molar-refractivity contribution < 1.29 is 0 Å². The van der Waals surface area contributed by atoms with Crippen LogP contribution in [0.4, 0.5) is 11.4 Å². The van der Waals surface area contributed by atoms with Crippen LogP contribution in [0.25, 0.3) is 0 Å². The Hall–Kier alpha value is -1.58. The lowest BCUT2D eigenvalue weighted by atomic mass is 10.1. The summed E-state index contributed by atoms with van der Waals surface area (Å²) in [4.78, 5) is 0. The molecule has 0 amide bonds. The second kappa shape index (κ2) is 6.73. The number of hydrogen-bond donors (Lipinski definition) is 2. The summed E-state index contributed by atoms with van der Waals surface area (Å²) in [6, 6.07) is 13.8. The molecule has 2 aromatic carbocycles. The first kappa shape index (κ1) is 14.8. The summed E-state index contributed by atoms with van der Waals surface area (Å²) in [5, 5.41) is 7.59. The Bertz CT molecular complexity index is 626. The number of thiocarbonyl (C=S) groups is 1. The van der Waals surface area contributed by atoms with Crippen molar-refractivity contribution in [1.29, 1.82) is 0 Å². The van der Waals surface area contributed by atoms with E-state index in [9.17, 15) is 0 Å². The molecule has 0 aromatic heterocycles. The minimum atomic E-state index is 0.544. The molecule has 0 unspecified atom stereocenters. The Labute approximate surface area is 130 Å². The van der Waals surface area contributed by atoms with Gasteiger partial charge in [-0.1, -0.05) is 48.9 Å². The SMILES string of the molecule is CCc1cccc(C)c1NC(=S)Nc1ccccc1Cl. The van der Waals surface area contributed by atoms with E-state index in [1.54, 1.807) is 0 Å². The third-order valence-electron chi connectivity index (χ3n) is 3.10. The van der Waals surface area contributed by atoms with Gasteiger partial charge in [-0.2, -0.15) is 0 Å². The summed E-state index contributed by atoms with van der Waals surface area (Å²) < 4.78 is 0. The molecule has 0 heterocycles. The molecule has 0 bridgehead atoms. The lowest BCUT2D eigenvalue weighted by Gasteiger charge is -2.16. The molecule has 2 rings (SSSR count). The molecule has 0 saturated carbocycles. The molecular weight excluding hydrogens is 288 g/mol. The van der Waals surface area contributed by atoms with Crippen molar-refractivity contribution in [3.8, 4) is 0 Å². The van der Waals surface area contributed by atoms with Gasteiger partial charge < -0.3 is 10.6 Å². The van der Waals surface area contributed by atoms with Gasteiger partial charge >= 0.3 is 0 Å². The van der Waals surface area contributed by atoms with Gasteiger partial charge in [-0.3, -0.25) is 0 Å². The highest BCUT2D eigenvalue weighted by molar-refractivity contribution is 7.80. The van der Waals surface area contributed by atoms with Crippen molar-refractivity contribution in [2.24, 2.45) is 0 Å². The summed E-state index contributed by atoms with van der Waals surface area (Å²) in [6.07, 6.45) is 0.957. The highest BCUT2D eigenvalue weighted by Gasteiger charge is 2.07. The minimum absolute atomic E-state index is 0.544. The topological polar surface area (TPSA) is 24.1 Å². The van der Waals surface area contributed by atoms with Gasteiger partial charge in [-0.25, -0.2) is 0 Å². The number of aryl methyl sites for hydroxylation is 2. The largest absolute Gasteiger partial charge is 0.332 e. The molecular formula is C16H17ClN2S. The quantitative estimate of drug-likeness (QED) is 0.779. The van der Waals surface area contributed by atoms with Crippen LogP contribution in [0, 0.1) is 6.92 Å². The van der Waals surface area contributed by atoms with Crippen LogP contribution in [-0.4, -0.2) is 5.11 Å². The van der Waals surface area contributed by atoms with E-state index in [0.29, 0.717) is 10.1 Å². The van der Waals surface area contributed by atoms with Gasteiger partial charge in [0.2, 0.25) is 0 Å². The molecule has 2 aromatic rings. The number of rotatable bonds is 3. The van der Waals surface area contributed by atoms with Crippen molar-refractivity contribution in [2.75, 3.05) is 10.6 Å². The molecule has 0 aliphatic heterocycles. The van der Waals surface area contributed by atoms with Gasteiger partial charge in [-0.05, 0) is 48.8 Å². The first-order valence-electron chi connectivity index (χ1n) is 6.53. The van der Waals surface area contributed by atoms with Crippen LogP contribution in [0.3, 0.4) is 0 Å². The Kier molecular flexibility index (Phi) is 4.99. The van der Waals surface area contributed by atoms with Crippen molar-refractivity contribution in [3.63, 3.8) is 0 Å². The summed E-state index contributed by atoms with van der Waals surface area (Å²) in [7, 11) is 0. The van der Waals surface area contributed by atoms with E-state index in [1.807, 2.05) is 24.3 Å². The van der Waals surface area contributed by atoms with Crippen molar-refractivity contribution in [2.45, 2.75) is 20.3 Å². The lowest BCUT2D eigenvalue weighted by molar-refractivity contribution is 1.13. The molecule has 104 valence electrons. The van der Waals surface area contributed by atoms with Gasteiger partial charge in [-0.15, -0.1) is 0 Å². The van der Waals surface area contributed by atoms with Crippen LogP contribution >= 0.6 is 23.8 Å². The van der Waals surface area contributed by atoms with Gasteiger partial charge in [0.25, 0.3) is 0 Å². The molecule has 0 saturated heterocycles. The summed E-state index contributed by atoms with van der Waals surface area (Å²) in [5.41, 5.74) is 4.29. The molecule has 0 atom stereocenters. The van der Waals surface area contributed by atoms with E-state index in [-0.39, 0.29) is 0 Å². The lowest BCUT2D eigenvalue weighted by Crippen LogP contribution is -2.20. The molecule has 2 N–H and O–H groups in total. The summed E-state index contributed by atoms with van der Waals surface area (Å²) in [6.45, 7) is 4.20. The van der Waals surface area contributed by atoms with Gasteiger partial charge in [0.05, 0.1) is 10.7 Å². The second-order valence-electron chi connectivity index (χ2n) is 4.52. The number of anilines is 2. The van der Waals surface area contributed by atoms with Crippen molar-refractivity contribution >= 4 is 40.3 Å². The standard InChI is InChI=1S/C16H17ClN2S/c1-3-12-8-6-7-11(2)15(12)19-16(20)18-14-10-5-4-9-13(14)17/h4-10H,3H2,1-2H3,(H2,18,19,20). The smallest absolute Gasteiger partial charge is 0.175 e. The average Bonchev–Trinajstić information content (AvgIpc) is 2.43. The van der Waals surface area contributed by atoms with Crippen LogP contribution in [0.5, 0.6) is 0 Å². The predicted octanol–water partition coefficient (Wildman–Crippen LogP) is 5.02. The molecule has 0 radical (unpaired) electrons. The fraction of sp³-hybridized carbons (Fsp3) is 0.188. The van der Waals surface area contributed by atoms with E-state index >= 15 is 0 Å². The Morgan fingerprint density at radius 3 is 2.55 bits per heavy atom. The fourth-order valence-electron chi connectivity index (χ4n) is 2.03. The van der Waals surface area contributed by atoms with E-state index in [4.69, 9.17) is 23.8 Å². The van der Waals surface area contributed by atoms with Gasteiger partial charge in [0.15, 0.2) is 5.11 Å². The Morgan fingerprint density at radius 1 is 1.10 bits per heavy atom. The summed E-state index contributed by atoms with van der Waals surface area (Å²) in [5.74, 6) is 0. The number of para-hydroxylation sites is 2. The Morgan fingerprint density at radius 2 is 1.85 bits per heavy atom. The molecule has 0 aliphatic rings. The third kappa shape index (κ3) is 3.50. The minimum Gasteiger partial charge on any atom is -0.332 e. The maximum Gasteiger partial charge on any atom is 0.175 e. The normalized spacial score (nSPS) is 10.2. The predicted molar refractivity (Wildman–Crippen MR) is 91.9 cm³/mol. The first-order valence-corrected chi connectivity index (χ1v) is 7.31. The maximum absolute atomic E-state index is 6.11. The third-order valence-corrected chi connectivity index (χ3v) is 3.63. The summed E-state index contributed by atoms with van der Waals surface area (Å²) >= 11 is 11.5. The van der Waals surface area contributed by atoms with Crippen molar-refractivity contribution in [1.82, 2.24) is 0 Å². The number of nitrogens with one attached hydrogen (secondary N) is 2. The van der Waals surface area contributed by atoms with Crippen LogP contribution in [0.15, 0.2) is 42.5 Å². The number of halogens is 1. The fourth-order valence-corrected chi connectivity index (χ4v) is 2.43. The van der Waals surface area contributed by atoms with Crippen molar-refractivity contribution in [3.05, 3.63) is 58.6 Å². The monoisotopic (exact) mass is 304 g/mol. The van der Waals surface area contributed by atoms with E-state index in [2.05, 4.69) is 42.7 Å². The zero-order chi connectivity index (χ0) is 14.5. The van der Waals surface area contributed by atoms with Crippen LogP contribution in [0.2, 0.25) is 5.02 Å². The van der Waals surface area contributed by atoms with E-state index < -0.39 is 0 Å². The van der Waals surface area contributed by atoms with Crippen LogP contribution in [-0.2, 0) is 6.42 Å². The highest BCUT2D eigenvalue weighted by atomic mass is 35.5. The van der Waals surface area contributed by atoms with Crippen LogP contribution < -0.4 is 10.6 Å². The average molecular weight is 305 g/mol.